The number of aryl methyl sites for hydroxylation is 1. The summed E-state index contributed by atoms with van der Waals surface area (Å²) in [7, 11) is 0. The van der Waals surface area contributed by atoms with E-state index in [1.807, 2.05) is 37.3 Å². The zero-order valence-electron chi connectivity index (χ0n) is 14.0. The number of para-hydroxylation sites is 1. The van der Waals surface area contributed by atoms with Crippen LogP contribution in [0.5, 0.6) is 5.75 Å². The van der Waals surface area contributed by atoms with Crippen LogP contribution in [0.15, 0.2) is 54.6 Å². The van der Waals surface area contributed by atoms with E-state index in [2.05, 4.69) is 0 Å². The van der Waals surface area contributed by atoms with Gasteiger partial charge in [0, 0.05) is 19.4 Å². The van der Waals surface area contributed by atoms with Crippen molar-refractivity contribution in [3.63, 3.8) is 0 Å². The van der Waals surface area contributed by atoms with E-state index in [1.165, 1.54) is 13.8 Å². The third-order valence-electron chi connectivity index (χ3n) is 3.41. The Bertz CT molecular complexity index is 762. The Morgan fingerprint density at radius 3 is 2.29 bits per heavy atom. The molecule has 0 saturated heterocycles. The van der Waals surface area contributed by atoms with Gasteiger partial charge < -0.3 is 9.47 Å². The van der Waals surface area contributed by atoms with Gasteiger partial charge in [-0.25, -0.2) is 0 Å². The third-order valence-corrected chi connectivity index (χ3v) is 3.41. The fourth-order valence-corrected chi connectivity index (χ4v) is 2.31. The average Bonchev–Trinajstić information content (AvgIpc) is 2.52. The molecule has 0 saturated carbocycles. The zero-order chi connectivity index (χ0) is 17.5. The number of hydrogen-bond acceptors (Lipinski definition) is 4. The average molecular weight is 324 g/mol. The van der Waals surface area contributed by atoms with Crippen LogP contribution in [0.4, 0.5) is 0 Å². The Kier molecular flexibility index (Phi) is 5.90. The van der Waals surface area contributed by atoms with Crippen molar-refractivity contribution in [3.8, 4) is 5.75 Å². The van der Waals surface area contributed by atoms with E-state index in [0.29, 0.717) is 11.3 Å². The Morgan fingerprint density at radius 2 is 1.62 bits per heavy atom. The lowest BCUT2D eigenvalue weighted by Crippen LogP contribution is -2.10. The Hall–Kier alpha value is -2.88. The molecule has 4 nitrogen and oxygen atoms in total. The molecule has 0 fully saturated rings. The molecular weight excluding hydrogens is 304 g/mol. The summed E-state index contributed by atoms with van der Waals surface area (Å²) in [5.74, 6) is -0.454. The fourth-order valence-electron chi connectivity index (χ4n) is 2.31. The molecular formula is C20H20O4. The Balaban J connectivity index is 2.37. The number of carbonyl (C=O) groups is 2. The molecule has 2 aromatic carbocycles. The molecule has 24 heavy (non-hydrogen) atoms. The lowest BCUT2D eigenvalue weighted by Gasteiger charge is -2.17. The van der Waals surface area contributed by atoms with Gasteiger partial charge >= 0.3 is 11.9 Å². The van der Waals surface area contributed by atoms with Crippen LogP contribution in [0.3, 0.4) is 0 Å². The highest BCUT2D eigenvalue weighted by Crippen LogP contribution is 2.30. The monoisotopic (exact) mass is 324 g/mol. The van der Waals surface area contributed by atoms with Crippen molar-refractivity contribution in [1.82, 2.24) is 0 Å². The number of rotatable bonds is 5. The van der Waals surface area contributed by atoms with Crippen molar-refractivity contribution in [2.24, 2.45) is 0 Å². The summed E-state index contributed by atoms with van der Waals surface area (Å²) in [6.07, 6.45) is 3.04. The maximum absolute atomic E-state index is 11.5. The highest BCUT2D eigenvalue weighted by molar-refractivity contribution is 5.70. The first-order chi connectivity index (χ1) is 11.5. The summed E-state index contributed by atoms with van der Waals surface area (Å²) in [6.45, 7) is 4.69. The lowest BCUT2D eigenvalue weighted by molar-refractivity contribution is -0.144. The van der Waals surface area contributed by atoms with Crippen LogP contribution in [-0.4, -0.2) is 11.9 Å². The zero-order valence-corrected chi connectivity index (χ0v) is 14.0. The summed E-state index contributed by atoms with van der Waals surface area (Å²) in [6, 6.07) is 14.9. The predicted octanol–water partition coefficient (Wildman–Crippen LogP) is 4.24. The Labute approximate surface area is 141 Å². The van der Waals surface area contributed by atoms with E-state index in [1.54, 1.807) is 30.3 Å². The number of ether oxygens (including phenoxy) is 2. The van der Waals surface area contributed by atoms with Gasteiger partial charge in [-0.15, -0.1) is 0 Å². The molecule has 0 aliphatic rings. The van der Waals surface area contributed by atoms with Gasteiger partial charge in [-0.2, -0.15) is 0 Å². The van der Waals surface area contributed by atoms with Gasteiger partial charge in [0.1, 0.15) is 11.9 Å². The third kappa shape index (κ3) is 4.81. The molecule has 0 aromatic heterocycles. The van der Waals surface area contributed by atoms with E-state index in [4.69, 9.17) is 9.47 Å². The van der Waals surface area contributed by atoms with Crippen molar-refractivity contribution in [2.45, 2.75) is 26.9 Å². The van der Waals surface area contributed by atoms with E-state index >= 15 is 0 Å². The molecule has 0 bridgehead atoms. The fraction of sp³-hybridized carbons (Fsp3) is 0.200. The smallest absolute Gasteiger partial charge is 0.308 e. The number of hydrogen-bond donors (Lipinski definition) is 0. The van der Waals surface area contributed by atoms with Crippen LogP contribution >= 0.6 is 0 Å². The van der Waals surface area contributed by atoms with Crippen molar-refractivity contribution < 1.29 is 19.1 Å². The number of carbonyl (C=O) groups excluding carboxylic acids is 2. The Morgan fingerprint density at radius 1 is 0.958 bits per heavy atom. The van der Waals surface area contributed by atoms with Gasteiger partial charge in [0.2, 0.25) is 0 Å². The number of benzene rings is 2. The highest BCUT2D eigenvalue weighted by atomic mass is 16.6. The van der Waals surface area contributed by atoms with Crippen LogP contribution in [0.25, 0.3) is 6.08 Å². The van der Waals surface area contributed by atoms with Crippen LogP contribution in [0, 0.1) is 6.92 Å². The van der Waals surface area contributed by atoms with Crippen molar-refractivity contribution >= 4 is 18.0 Å². The minimum absolute atomic E-state index is 0.380. The van der Waals surface area contributed by atoms with E-state index in [9.17, 15) is 9.59 Å². The van der Waals surface area contributed by atoms with E-state index in [-0.39, 0.29) is 0 Å². The molecule has 1 unspecified atom stereocenters. The van der Waals surface area contributed by atoms with Crippen molar-refractivity contribution in [3.05, 3.63) is 71.3 Å². The maximum atomic E-state index is 11.5. The summed E-state index contributed by atoms with van der Waals surface area (Å²) in [4.78, 5) is 22.8. The van der Waals surface area contributed by atoms with Gasteiger partial charge in [-0.05, 0) is 30.2 Å². The van der Waals surface area contributed by atoms with Crippen molar-refractivity contribution in [2.75, 3.05) is 0 Å². The quantitative estimate of drug-likeness (QED) is 0.610. The summed E-state index contributed by atoms with van der Waals surface area (Å²) < 4.78 is 10.6. The second kappa shape index (κ2) is 8.11. The first kappa shape index (κ1) is 17.5. The van der Waals surface area contributed by atoms with Gasteiger partial charge in [-0.3, -0.25) is 9.59 Å². The molecule has 0 heterocycles. The summed E-state index contributed by atoms with van der Waals surface area (Å²) >= 11 is 0. The summed E-state index contributed by atoms with van der Waals surface area (Å²) in [5, 5.41) is 0. The van der Waals surface area contributed by atoms with Gasteiger partial charge in [0.15, 0.2) is 0 Å². The first-order valence-corrected chi connectivity index (χ1v) is 7.66. The molecule has 124 valence electrons. The van der Waals surface area contributed by atoms with Crippen LogP contribution in [-0.2, 0) is 14.3 Å². The second-order valence-electron chi connectivity index (χ2n) is 5.38. The van der Waals surface area contributed by atoms with Gasteiger partial charge in [-0.1, -0.05) is 48.5 Å². The molecule has 0 aliphatic heterocycles. The van der Waals surface area contributed by atoms with E-state index in [0.717, 1.165) is 11.1 Å². The number of esters is 2. The van der Waals surface area contributed by atoms with Gasteiger partial charge in [0.05, 0.1) is 0 Å². The maximum Gasteiger partial charge on any atom is 0.308 e. The SMILES string of the molecule is CC(=O)Oc1ccccc1C(/C=C/c1ccccc1C)OC(C)=O. The predicted molar refractivity (Wildman–Crippen MR) is 92.5 cm³/mol. The molecule has 0 aliphatic carbocycles. The first-order valence-electron chi connectivity index (χ1n) is 7.66. The normalized spacial score (nSPS) is 12.0. The molecule has 0 amide bonds. The molecule has 0 radical (unpaired) electrons. The largest absolute Gasteiger partial charge is 0.453 e. The molecule has 2 rings (SSSR count). The topological polar surface area (TPSA) is 52.6 Å². The van der Waals surface area contributed by atoms with E-state index < -0.39 is 18.0 Å². The minimum atomic E-state index is -0.641. The van der Waals surface area contributed by atoms with Crippen LogP contribution in [0.2, 0.25) is 0 Å². The summed E-state index contributed by atoms with van der Waals surface area (Å²) in [5.41, 5.74) is 2.76. The van der Waals surface area contributed by atoms with Crippen LogP contribution < -0.4 is 4.74 Å². The standard InChI is InChI=1S/C20H20O4/c1-14-8-4-5-9-17(14)12-13-20(24-16(3)22)18-10-6-7-11-19(18)23-15(2)21/h4-13,20H,1-3H3/b13-12+. The molecule has 2 aromatic rings. The second-order valence-corrected chi connectivity index (χ2v) is 5.38. The lowest BCUT2D eigenvalue weighted by atomic mass is 10.0. The van der Waals surface area contributed by atoms with Gasteiger partial charge in [0.25, 0.3) is 0 Å². The minimum Gasteiger partial charge on any atom is -0.453 e. The molecule has 0 N–H and O–H groups in total. The van der Waals surface area contributed by atoms with Crippen molar-refractivity contribution in [1.29, 1.82) is 0 Å². The molecule has 0 spiro atoms. The highest BCUT2D eigenvalue weighted by Gasteiger charge is 2.17. The van der Waals surface area contributed by atoms with Crippen LogP contribution in [0.1, 0.15) is 36.6 Å². The molecule has 1 atom stereocenters. The molecule has 4 heteroatoms.